The zero-order valence-electron chi connectivity index (χ0n) is 17.3. The SMILES string of the molecule is CC(=O)c1ccc(N2CCN(C(=O)CCCn3c(=O)[nH]c4ccsc4c3=O)CC2)cc1. The topological polar surface area (TPSA) is 95.5 Å². The van der Waals surface area contributed by atoms with Crippen molar-refractivity contribution in [2.75, 3.05) is 31.1 Å². The molecular weight excluding hydrogens is 416 g/mol. The van der Waals surface area contributed by atoms with E-state index in [-0.39, 0.29) is 23.8 Å². The zero-order chi connectivity index (χ0) is 22.0. The minimum absolute atomic E-state index is 0.0354. The summed E-state index contributed by atoms with van der Waals surface area (Å²) in [5, 5.41) is 1.77. The van der Waals surface area contributed by atoms with Crippen molar-refractivity contribution in [2.45, 2.75) is 26.3 Å². The largest absolute Gasteiger partial charge is 0.368 e. The number of rotatable bonds is 6. The van der Waals surface area contributed by atoms with Gasteiger partial charge in [0, 0.05) is 50.4 Å². The molecule has 0 unspecified atom stereocenters. The molecule has 4 rings (SSSR count). The van der Waals surface area contributed by atoms with Crippen molar-refractivity contribution >= 4 is 38.9 Å². The first-order valence-electron chi connectivity index (χ1n) is 10.3. The van der Waals surface area contributed by atoms with E-state index in [0.29, 0.717) is 41.7 Å². The molecular formula is C22H24N4O4S. The van der Waals surface area contributed by atoms with Crippen LogP contribution in [0.25, 0.3) is 10.2 Å². The number of aromatic amines is 1. The summed E-state index contributed by atoms with van der Waals surface area (Å²) in [6.45, 7) is 4.45. The van der Waals surface area contributed by atoms with Crippen LogP contribution < -0.4 is 16.1 Å². The zero-order valence-corrected chi connectivity index (χ0v) is 18.1. The van der Waals surface area contributed by atoms with Gasteiger partial charge in [0.1, 0.15) is 4.70 Å². The predicted molar refractivity (Wildman–Crippen MR) is 121 cm³/mol. The third-order valence-corrected chi connectivity index (χ3v) is 6.54. The fourth-order valence-electron chi connectivity index (χ4n) is 3.84. The number of aromatic nitrogens is 2. The lowest BCUT2D eigenvalue weighted by Crippen LogP contribution is -2.48. The summed E-state index contributed by atoms with van der Waals surface area (Å²) in [5.74, 6) is 0.0785. The number of benzene rings is 1. The lowest BCUT2D eigenvalue weighted by molar-refractivity contribution is -0.131. The van der Waals surface area contributed by atoms with E-state index in [1.807, 2.05) is 29.2 Å². The Hall–Kier alpha value is -3.20. The van der Waals surface area contributed by atoms with E-state index in [0.717, 1.165) is 18.8 Å². The summed E-state index contributed by atoms with van der Waals surface area (Å²) in [5.41, 5.74) is 1.55. The number of Topliss-reactive ketones (excluding diaryl/α,β-unsaturated/α-hetero) is 1. The van der Waals surface area contributed by atoms with Crippen LogP contribution in [-0.4, -0.2) is 52.3 Å². The quantitative estimate of drug-likeness (QED) is 0.592. The van der Waals surface area contributed by atoms with Crippen molar-refractivity contribution in [3.63, 3.8) is 0 Å². The number of carbonyl (C=O) groups is 2. The van der Waals surface area contributed by atoms with E-state index < -0.39 is 5.69 Å². The summed E-state index contributed by atoms with van der Waals surface area (Å²) in [6, 6.07) is 9.24. The highest BCUT2D eigenvalue weighted by atomic mass is 32.1. The van der Waals surface area contributed by atoms with Gasteiger partial charge in [-0.15, -0.1) is 11.3 Å². The molecule has 1 aliphatic rings. The molecule has 0 aliphatic carbocycles. The summed E-state index contributed by atoms with van der Waals surface area (Å²) in [4.78, 5) is 55.3. The first-order valence-corrected chi connectivity index (χ1v) is 11.2. The number of hydrogen-bond donors (Lipinski definition) is 1. The molecule has 0 bridgehead atoms. The van der Waals surface area contributed by atoms with Gasteiger partial charge >= 0.3 is 5.69 Å². The number of piperazine rings is 1. The summed E-state index contributed by atoms with van der Waals surface area (Å²) < 4.78 is 1.70. The van der Waals surface area contributed by atoms with Crippen molar-refractivity contribution in [1.29, 1.82) is 0 Å². The number of nitrogens with zero attached hydrogens (tertiary/aromatic N) is 3. The molecule has 3 aromatic rings. The summed E-state index contributed by atoms with van der Waals surface area (Å²) in [7, 11) is 0. The van der Waals surface area contributed by atoms with Gasteiger partial charge in [-0.3, -0.25) is 19.0 Å². The Labute approximate surface area is 182 Å². The Bertz CT molecular complexity index is 1220. The summed E-state index contributed by atoms with van der Waals surface area (Å²) >= 11 is 1.30. The number of thiophene rings is 1. The van der Waals surface area contributed by atoms with E-state index in [1.54, 1.807) is 18.4 Å². The molecule has 162 valence electrons. The Morgan fingerprint density at radius 2 is 1.74 bits per heavy atom. The molecule has 8 nitrogen and oxygen atoms in total. The van der Waals surface area contributed by atoms with Crippen LogP contribution in [0, 0.1) is 0 Å². The van der Waals surface area contributed by atoms with Gasteiger partial charge in [-0.2, -0.15) is 0 Å². The van der Waals surface area contributed by atoms with E-state index in [9.17, 15) is 19.2 Å². The van der Waals surface area contributed by atoms with Crippen LogP contribution in [-0.2, 0) is 11.3 Å². The highest BCUT2D eigenvalue weighted by molar-refractivity contribution is 7.17. The van der Waals surface area contributed by atoms with Crippen LogP contribution in [0.3, 0.4) is 0 Å². The molecule has 1 aromatic carbocycles. The van der Waals surface area contributed by atoms with Gasteiger partial charge in [-0.05, 0) is 49.1 Å². The number of H-pyrrole nitrogens is 1. The molecule has 3 heterocycles. The Kier molecular flexibility index (Phi) is 6.03. The maximum Gasteiger partial charge on any atom is 0.328 e. The lowest BCUT2D eigenvalue weighted by Gasteiger charge is -2.36. The van der Waals surface area contributed by atoms with Crippen molar-refractivity contribution in [3.8, 4) is 0 Å². The molecule has 1 fully saturated rings. The third-order valence-electron chi connectivity index (χ3n) is 5.64. The molecule has 2 aromatic heterocycles. The third kappa shape index (κ3) is 4.46. The number of nitrogens with one attached hydrogen (secondary N) is 1. The first-order chi connectivity index (χ1) is 14.9. The van der Waals surface area contributed by atoms with Gasteiger partial charge < -0.3 is 14.8 Å². The Morgan fingerprint density at radius 1 is 1.03 bits per heavy atom. The second kappa shape index (κ2) is 8.89. The van der Waals surface area contributed by atoms with Crippen LogP contribution >= 0.6 is 11.3 Å². The van der Waals surface area contributed by atoms with Crippen LogP contribution in [0.1, 0.15) is 30.1 Å². The van der Waals surface area contributed by atoms with Crippen molar-refractivity contribution < 1.29 is 9.59 Å². The predicted octanol–water partition coefficient (Wildman–Crippen LogP) is 2.08. The average Bonchev–Trinajstić information content (AvgIpc) is 3.24. The van der Waals surface area contributed by atoms with E-state index in [4.69, 9.17) is 0 Å². The van der Waals surface area contributed by atoms with Gasteiger partial charge in [0.25, 0.3) is 5.56 Å². The van der Waals surface area contributed by atoms with Gasteiger partial charge in [0.05, 0.1) is 5.52 Å². The van der Waals surface area contributed by atoms with Gasteiger partial charge in [0.15, 0.2) is 5.78 Å². The maximum absolute atomic E-state index is 12.6. The van der Waals surface area contributed by atoms with Crippen LogP contribution in [0.15, 0.2) is 45.3 Å². The van der Waals surface area contributed by atoms with E-state index in [1.165, 1.54) is 15.9 Å². The Balaban J connectivity index is 1.29. The number of carbonyl (C=O) groups excluding carboxylic acids is 2. The second-order valence-corrected chi connectivity index (χ2v) is 8.54. The van der Waals surface area contributed by atoms with Crippen LogP contribution in [0.5, 0.6) is 0 Å². The lowest BCUT2D eigenvalue weighted by atomic mass is 10.1. The van der Waals surface area contributed by atoms with Crippen molar-refractivity contribution in [3.05, 3.63) is 62.1 Å². The molecule has 0 saturated carbocycles. The molecule has 1 N–H and O–H groups in total. The molecule has 31 heavy (non-hydrogen) atoms. The molecule has 0 atom stereocenters. The first kappa shape index (κ1) is 21.0. The minimum Gasteiger partial charge on any atom is -0.368 e. The molecule has 1 amide bonds. The molecule has 0 spiro atoms. The second-order valence-electron chi connectivity index (χ2n) is 7.62. The smallest absolute Gasteiger partial charge is 0.328 e. The molecule has 9 heteroatoms. The number of hydrogen-bond acceptors (Lipinski definition) is 6. The van der Waals surface area contributed by atoms with Crippen LogP contribution in [0.4, 0.5) is 5.69 Å². The van der Waals surface area contributed by atoms with E-state index in [2.05, 4.69) is 9.88 Å². The fourth-order valence-corrected chi connectivity index (χ4v) is 4.64. The number of anilines is 1. The highest BCUT2D eigenvalue weighted by Gasteiger charge is 2.21. The van der Waals surface area contributed by atoms with Crippen LogP contribution in [0.2, 0.25) is 0 Å². The minimum atomic E-state index is -0.437. The standard InChI is InChI=1S/C22H24N4O4S/c1-15(27)16-4-6-17(7-5-16)24-10-12-25(13-11-24)19(28)3-2-9-26-21(29)20-18(8-14-31-20)23-22(26)30/h4-8,14H,2-3,9-13H2,1H3,(H,23,30). The molecule has 1 aliphatic heterocycles. The van der Waals surface area contributed by atoms with Gasteiger partial charge in [0.2, 0.25) is 5.91 Å². The van der Waals surface area contributed by atoms with Gasteiger partial charge in [-0.1, -0.05) is 0 Å². The van der Waals surface area contributed by atoms with Crippen molar-refractivity contribution in [2.24, 2.45) is 0 Å². The normalized spacial score (nSPS) is 14.2. The van der Waals surface area contributed by atoms with Crippen molar-refractivity contribution in [1.82, 2.24) is 14.5 Å². The fraction of sp³-hybridized carbons (Fsp3) is 0.364. The van der Waals surface area contributed by atoms with Gasteiger partial charge in [-0.25, -0.2) is 4.79 Å². The summed E-state index contributed by atoms with van der Waals surface area (Å²) in [6.07, 6.45) is 0.729. The number of fused-ring (bicyclic) bond motifs is 1. The van der Waals surface area contributed by atoms with E-state index >= 15 is 0 Å². The monoisotopic (exact) mass is 440 g/mol. The Morgan fingerprint density at radius 3 is 2.42 bits per heavy atom. The number of ketones is 1. The highest BCUT2D eigenvalue weighted by Crippen LogP contribution is 2.18. The molecule has 1 saturated heterocycles. The number of amides is 1. The molecule has 0 radical (unpaired) electrons. The maximum atomic E-state index is 12.6. The average molecular weight is 441 g/mol.